The van der Waals surface area contributed by atoms with Crippen LogP contribution in [0, 0.1) is 5.92 Å². The fraction of sp³-hybridized carbons (Fsp3) is 0.833. The molecule has 0 radical (unpaired) electrons. The standard InChI is InChI=1S/C12H21N3O/c1-4-11-13-12(16-14-11)10(3)15-7-5-9(2)6-8-15/h9-10H,4-8H2,1-3H3. The van der Waals surface area contributed by atoms with Gasteiger partial charge in [0, 0.05) is 6.42 Å². The van der Waals surface area contributed by atoms with E-state index in [2.05, 4.69) is 28.9 Å². The van der Waals surface area contributed by atoms with Crippen molar-refractivity contribution in [1.29, 1.82) is 0 Å². The van der Waals surface area contributed by atoms with Crippen LogP contribution in [0.2, 0.25) is 0 Å². The van der Waals surface area contributed by atoms with Gasteiger partial charge in [0.15, 0.2) is 5.82 Å². The molecule has 0 spiro atoms. The molecule has 0 aliphatic carbocycles. The molecule has 90 valence electrons. The first-order valence-electron chi connectivity index (χ1n) is 6.27. The van der Waals surface area contributed by atoms with Gasteiger partial charge in [-0.05, 0) is 38.8 Å². The number of rotatable bonds is 3. The summed E-state index contributed by atoms with van der Waals surface area (Å²) in [5.74, 6) is 2.44. The minimum atomic E-state index is 0.264. The summed E-state index contributed by atoms with van der Waals surface area (Å²) in [4.78, 5) is 6.84. The van der Waals surface area contributed by atoms with Gasteiger partial charge in [0.25, 0.3) is 0 Å². The van der Waals surface area contributed by atoms with Crippen molar-refractivity contribution in [2.24, 2.45) is 5.92 Å². The van der Waals surface area contributed by atoms with Gasteiger partial charge in [0.1, 0.15) is 0 Å². The molecule has 2 heterocycles. The van der Waals surface area contributed by atoms with E-state index in [1.165, 1.54) is 12.8 Å². The SMILES string of the molecule is CCc1noc(C(C)N2CCC(C)CC2)n1. The van der Waals surface area contributed by atoms with Gasteiger partial charge >= 0.3 is 0 Å². The summed E-state index contributed by atoms with van der Waals surface area (Å²) in [5.41, 5.74) is 0. The quantitative estimate of drug-likeness (QED) is 0.789. The smallest absolute Gasteiger partial charge is 0.243 e. The highest BCUT2D eigenvalue weighted by atomic mass is 16.5. The number of nitrogens with zero attached hydrogens (tertiary/aromatic N) is 3. The van der Waals surface area contributed by atoms with Gasteiger partial charge in [0.2, 0.25) is 5.89 Å². The van der Waals surface area contributed by atoms with E-state index in [4.69, 9.17) is 4.52 Å². The number of aryl methyl sites for hydroxylation is 1. The van der Waals surface area contributed by atoms with Crippen LogP contribution in [0.15, 0.2) is 4.52 Å². The van der Waals surface area contributed by atoms with Crippen LogP contribution in [0.3, 0.4) is 0 Å². The largest absolute Gasteiger partial charge is 0.338 e. The molecule has 1 aliphatic heterocycles. The maximum Gasteiger partial charge on any atom is 0.243 e. The fourth-order valence-corrected chi connectivity index (χ4v) is 2.15. The summed E-state index contributed by atoms with van der Waals surface area (Å²) in [7, 11) is 0. The Hall–Kier alpha value is -0.900. The Balaban J connectivity index is 1.98. The van der Waals surface area contributed by atoms with Crippen molar-refractivity contribution in [1.82, 2.24) is 15.0 Å². The summed E-state index contributed by atoms with van der Waals surface area (Å²) in [6, 6.07) is 0.264. The lowest BCUT2D eigenvalue weighted by Gasteiger charge is -2.33. The zero-order chi connectivity index (χ0) is 11.5. The van der Waals surface area contributed by atoms with Crippen LogP contribution in [0.5, 0.6) is 0 Å². The van der Waals surface area contributed by atoms with Crippen LogP contribution in [-0.2, 0) is 6.42 Å². The van der Waals surface area contributed by atoms with Crippen molar-refractivity contribution in [3.63, 3.8) is 0 Å². The molecular formula is C12H21N3O. The Morgan fingerprint density at radius 3 is 2.69 bits per heavy atom. The third-order valence-corrected chi connectivity index (χ3v) is 3.52. The first-order valence-corrected chi connectivity index (χ1v) is 6.27. The molecule has 1 fully saturated rings. The molecule has 1 aromatic heterocycles. The number of likely N-dealkylation sites (tertiary alicyclic amines) is 1. The van der Waals surface area contributed by atoms with Crippen LogP contribution in [-0.4, -0.2) is 28.1 Å². The van der Waals surface area contributed by atoms with Crippen LogP contribution < -0.4 is 0 Å². The first-order chi connectivity index (χ1) is 7.70. The zero-order valence-electron chi connectivity index (χ0n) is 10.4. The molecule has 0 N–H and O–H groups in total. The van der Waals surface area contributed by atoms with Gasteiger partial charge in [-0.15, -0.1) is 0 Å². The summed E-state index contributed by atoms with van der Waals surface area (Å²) in [6.45, 7) is 8.81. The average molecular weight is 223 g/mol. The number of piperidine rings is 1. The summed E-state index contributed by atoms with van der Waals surface area (Å²) in [6.07, 6.45) is 3.39. The van der Waals surface area contributed by atoms with E-state index in [0.29, 0.717) is 0 Å². The molecule has 1 atom stereocenters. The Morgan fingerprint density at radius 2 is 2.12 bits per heavy atom. The average Bonchev–Trinajstić information content (AvgIpc) is 2.77. The van der Waals surface area contributed by atoms with Gasteiger partial charge in [-0.3, -0.25) is 4.90 Å². The van der Waals surface area contributed by atoms with Crippen molar-refractivity contribution >= 4 is 0 Å². The van der Waals surface area contributed by atoms with Gasteiger partial charge in [0.05, 0.1) is 6.04 Å². The Bertz CT molecular complexity index is 329. The minimum Gasteiger partial charge on any atom is -0.338 e. The Morgan fingerprint density at radius 1 is 1.44 bits per heavy atom. The lowest BCUT2D eigenvalue weighted by Crippen LogP contribution is -2.35. The molecule has 1 aliphatic rings. The van der Waals surface area contributed by atoms with Crippen LogP contribution in [0.4, 0.5) is 0 Å². The van der Waals surface area contributed by atoms with Crippen molar-refractivity contribution < 1.29 is 4.52 Å². The van der Waals surface area contributed by atoms with Gasteiger partial charge < -0.3 is 4.52 Å². The van der Waals surface area contributed by atoms with E-state index in [1.54, 1.807) is 0 Å². The number of hydrogen-bond donors (Lipinski definition) is 0. The van der Waals surface area contributed by atoms with Crippen LogP contribution in [0.25, 0.3) is 0 Å². The summed E-state index contributed by atoms with van der Waals surface area (Å²) in [5, 5.41) is 3.95. The second-order valence-electron chi connectivity index (χ2n) is 4.80. The molecule has 1 saturated heterocycles. The maximum atomic E-state index is 5.29. The van der Waals surface area contributed by atoms with E-state index < -0.39 is 0 Å². The normalized spacial score (nSPS) is 21.2. The molecule has 1 unspecified atom stereocenters. The summed E-state index contributed by atoms with van der Waals surface area (Å²) >= 11 is 0. The maximum absolute atomic E-state index is 5.29. The second-order valence-corrected chi connectivity index (χ2v) is 4.80. The van der Waals surface area contributed by atoms with Crippen molar-refractivity contribution in [2.45, 2.75) is 46.1 Å². The van der Waals surface area contributed by atoms with E-state index in [0.717, 1.165) is 37.1 Å². The topological polar surface area (TPSA) is 42.2 Å². The molecular weight excluding hydrogens is 202 g/mol. The molecule has 0 saturated carbocycles. The highest BCUT2D eigenvalue weighted by molar-refractivity contribution is 4.92. The fourth-order valence-electron chi connectivity index (χ4n) is 2.15. The van der Waals surface area contributed by atoms with Gasteiger partial charge in [-0.1, -0.05) is 19.0 Å². The molecule has 2 rings (SSSR count). The minimum absolute atomic E-state index is 0.264. The van der Waals surface area contributed by atoms with E-state index in [1.807, 2.05) is 6.92 Å². The van der Waals surface area contributed by atoms with Crippen LogP contribution in [0.1, 0.15) is 51.4 Å². The van der Waals surface area contributed by atoms with Crippen molar-refractivity contribution in [2.75, 3.05) is 13.1 Å². The predicted octanol–water partition coefficient (Wildman–Crippen LogP) is 2.42. The molecule has 1 aromatic rings. The third kappa shape index (κ3) is 2.43. The molecule has 4 heteroatoms. The lowest BCUT2D eigenvalue weighted by atomic mass is 9.98. The summed E-state index contributed by atoms with van der Waals surface area (Å²) < 4.78 is 5.29. The van der Waals surface area contributed by atoms with Crippen LogP contribution >= 0.6 is 0 Å². The molecule has 0 aromatic carbocycles. The molecule has 0 amide bonds. The highest BCUT2D eigenvalue weighted by Crippen LogP contribution is 2.25. The molecule has 4 nitrogen and oxygen atoms in total. The zero-order valence-corrected chi connectivity index (χ0v) is 10.4. The van der Waals surface area contributed by atoms with E-state index in [-0.39, 0.29) is 6.04 Å². The van der Waals surface area contributed by atoms with Crippen molar-refractivity contribution in [3.8, 4) is 0 Å². The predicted molar refractivity (Wildman–Crippen MR) is 62.1 cm³/mol. The highest BCUT2D eigenvalue weighted by Gasteiger charge is 2.24. The second kappa shape index (κ2) is 4.95. The number of aromatic nitrogens is 2. The Labute approximate surface area is 97.0 Å². The van der Waals surface area contributed by atoms with Crippen molar-refractivity contribution in [3.05, 3.63) is 11.7 Å². The van der Waals surface area contributed by atoms with E-state index in [9.17, 15) is 0 Å². The third-order valence-electron chi connectivity index (χ3n) is 3.52. The van der Waals surface area contributed by atoms with Gasteiger partial charge in [-0.2, -0.15) is 4.98 Å². The lowest BCUT2D eigenvalue weighted by molar-refractivity contribution is 0.124. The first kappa shape index (κ1) is 11.6. The van der Waals surface area contributed by atoms with Gasteiger partial charge in [-0.25, -0.2) is 0 Å². The molecule has 0 bridgehead atoms. The number of hydrogen-bond acceptors (Lipinski definition) is 4. The Kier molecular flexibility index (Phi) is 3.59. The van der Waals surface area contributed by atoms with E-state index >= 15 is 0 Å². The monoisotopic (exact) mass is 223 g/mol. The molecule has 16 heavy (non-hydrogen) atoms.